The van der Waals surface area contributed by atoms with E-state index in [-0.39, 0.29) is 0 Å². The number of aliphatic imine (C=N–C) groups is 1. The van der Waals surface area contributed by atoms with Crippen LogP contribution in [0.4, 0.5) is 0 Å². The fraction of sp³-hybridized carbons (Fsp3) is 0.941. The van der Waals surface area contributed by atoms with E-state index in [2.05, 4.69) is 47.9 Å². The minimum Gasteiger partial charge on any atom is -0.356 e. The molecular weight excluding hydrogens is 260 g/mol. The lowest BCUT2D eigenvalue weighted by atomic mass is 9.92. The second-order valence-corrected chi connectivity index (χ2v) is 6.81. The molecule has 0 radical (unpaired) electrons. The summed E-state index contributed by atoms with van der Waals surface area (Å²) < 4.78 is 0. The van der Waals surface area contributed by atoms with Gasteiger partial charge in [0.15, 0.2) is 5.96 Å². The molecule has 4 nitrogen and oxygen atoms in total. The first-order valence-corrected chi connectivity index (χ1v) is 8.70. The molecule has 1 rings (SSSR count). The molecule has 0 bridgehead atoms. The zero-order valence-corrected chi connectivity index (χ0v) is 14.9. The van der Waals surface area contributed by atoms with E-state index in [1.807, 2.05) is 7.05 Å². The van der Waals surface area contributed by atoms with Crippen LogP contribution in [0, 0.1) is 11.8 Å². The normalized spacial score (nSPS) is 24.1. The maximum absolute atomic E-state index is 4.37. The smallest absolute Gasteiger partial charge is 0.193 e. The molecule has 0 aliphatic carbocycles. The molecule has 1 aliphatic heterocycles. The molecule has 4 heteroatoms. The van der Waals surface area contributed by atoms with Gasteiger partial charge in [-0.25, -0.2) is 0 Å². The lowest BCUT2D eigenvalue weighted by Gasteiger charge is -2.35. The molecule has 1 fully saturated rings. The highest BCUT2D eigenvalue weighted by Crippen LogP contribution is 2.20. The van der Waals surface area contributed by atoms with Crippen LogP contribution in [0.15, 0.2) is 4.99 Å². The third kappa shape index (κ3) is 7.16. The van der Waals surface area contributed by atoms with E-state index in [9.17, 15) is 0 Å². The number of hydrogen-bond donors (Lipinski definition) is 1. The van der Waals surface area contributed by atoms with Crippen LogP contribution in [0.5, 0.6) is 0 Å². The van der Waals surface area contributed by atoms with Crippen molar-refractivity contribution in [2.45, 2.75) is 46.5 Å². The van der Waals surface area contributed by atoms with Crippen molar-refractivity contribution >= 4 is 5.96 Å². The molecule has 2 atom stereocenters. The molecule has 0 saturated carbocycles. The van der Waals surface area contributed by atoms with E-state index in [1.54, 1.807) is 0 Å². The second kappa shape index (κ2) is 10.0. The Bertz CT molecular complexity index is 293. The standard InChI is InChI=1S/C17H36N4/c1-6-7-10-20(5)17(18-4)19-9-8-11-21-13-15(2)12-16(3)14-21/h15-16H,6-14H2,1-5H3,(H,18,19). The van der Waals surface area contributed by atoms with E-state index in [4.69, 9.17) is 0 Å². The van der Waals surface area contributed by atoms with Crippen molar-refractivity contribution < 1.29 is 0 Å². The first-order chi connectivity index (χ1) is 10.1. The highest BCUT2D eigenvalue weighted by molar-refractivity contribution is 5.79. The van der Waals surface area contributed by atoms with Crippen LogP contribution >= 0.6 is 0 Å². The largest absolute Gasteiger partial charge is 0.356 e. The van der Waals surface area contributed by atoms with Crippen molar-refractivity contribution in [1.82, 2.24) is 15.1 Å². The zero-order valence-electron chi connectivity index (χ0n) is 14.9. The summed E-state index contributed by atoms with van der Waals surface area (Å²) in [6.45, 7) is 12.8. The van der Waals surface area contributed by atoms with Crippen molar-refractivity contribution in [2.75, 3.05) is 46.8 Å². The maximum Gasteiger partial charge on any atom is 0.193 e. The number of rotatable bonds is 7. The molecule has 1 heterocycles. The predicted octanol–water partition coefficient (Wildman–Crippen LogP) is 2.66. The van der Waals surface area contributed by atoms with Crippen LogP contribution in [0.25, 0.3) is 0 Å². The minimum atomic E-state index is 0.856. The summed E-state index contributed by atoms with van der Waals surface area (Å²) in [6, 6.07) is 0. The summed E-state index contributed by atoms with van der Waals surface area (Å²) in [5.74, 6) is 2.74. The van der Waals surface area contributed by atoms with Crippen LogP contribution in [-0.4, -0.2) is 62.6 Å². The number of piperidine rings is 1. The third-order valence-electron chi connectivity index (χ3n) is 4.30. The van der Waals surface area contributed by atoms with Gasteiger partial charge in [-0.15, -0.1) is 0 Å². The lowest BCUT2D eigenvalue weighted by Crippen LogP contribution is -2.42. The Morgan fingerprint density at radius 2 is 1.90 bits per heavy atom. The lowest BCUT2D eigenvalue weighted by molar-refractivity contribution is 0.140. The average Bonchev–Trinajstić information content (AvgIpc) is 2.44. The second-order valence-electron chi connectivity index (χ2n) is 6.81. The Hall–Kier alpha value is -0.770. The fourth-order valence-electron chi connectivity index (χ4n) is 3.36. The van der Waals surface area contributed by atoms with Gasteiger partial charge in [0, 0.05) is 40.3 Å². The monoisotopic (exact) mass is 296 g/mol. The van der Waals surface area contributed by atoms with Crippen molar-refractivity contribution in [1.29, 1.82) is 0 Å². The van der Waals surface area contributed by atoms with E-state index in [1.165, 1.54) is 45.3 Å². The van der Waals surface area contributed by atoms with Gasteiger partial charge in [-0.05, 0) is 37.6 Å². The first kappa shape index (κ1) is 18.3. The average molecular weight is 297 g/mol. The van der Waals surface area contributed by atoms with E-state index < -0.39 is 0 Å². The van der Waals surface area contributed by atoms with Gasteiger partial charge in [0.05, 0.1) is 0 Å². The molecule has 1 saturated heterocycles. The van der Waals surface area contributed by atoms with Gasteiger partial charge in [0.2, 0.25) is 0 Å². The summed E-state index contributed by atoms with van der Waals surface area (Å²) in [4.78, 5) is 9.23. The van der Waals surface area contributed by atoms with Crippen LogP contribution in [0.1, 0.15) is 46.5 Å². The Kier molecular flexibility index (Phi) is 8.74. The van der Waals surface area contributed by atoms with Gasteiger partial charge in [0.1, 0.15) is 0 Å². The molecule has 0 aromatic carbocycles. The number of likely N-dealkylation sites (tertiary alicyclic amines) is 1. The molecular formula is C17H36N4. The Morgan fingerprint density at radius 3 is 2.48 bits per heavy atom. The van der Waals surface area contributed by atoms with Gasteiger partial charge in [-0.1, -0.05) is 27.2 Å². The maximum atomic E-state index is 4.37. The van der Waals surface area contributed by atoms with Crippen molar-refractivity contribution in [3.8, 4) is 0 Å². The molecule has 0 aromatic heterocycles. The van der Waals surface area contributed by atoms with Crippen LogP contribution < -0.4 is 5.32 Å². The van der Waals surface area contributed by atoms with Gasteiger partial charge in [-0.2, -0.15) is 0 Å². The first-order valence-electron chi connectivity index (χ1n) is 8.70. The van der Waals surface area contributed by atoms with Crippen molar-refractivity contribution in [3.05, 3.63) is 0 Å². The Labute approximate surface area is 132 Å². The molecule has 124 valence electrons. The number of unbranched alkanes of at least 4 members (excludes halogenated alkanes) is 1. The van der Waals surface area contributed by atoms with Gasteiger partial charge in [-0.3, -0.25) is 4.99 Å². The highest BCUT2D eigenvalue weighted by Gasteiger charge is 2.20. The molecule has 0 amide bonds. The zero-order chi connectivity index (χ0) is 15.7. The number of nitrogens with zero attached hydrogens (tertiary/aromatic N) is 3. The molecule has 1 aliphatic rings. The Balaban J connectivity index is 2.20. The van der Waals surface area contributed by atoms with Crippen LogP contribution in [0.3, 0.4) is 0 Å². The molecule has 0 aromatic rings. The SMILES string of the molecule is CCCCN(C)C(=NC)NCCCN1CC(C)CC(C)C1. The summed E-state index contributed by atoms with van der Waals surface area (Å²) in [6.07, 6.45) is 5.04. The van der Waals surface area contributed by atoms with E-state index >= 15 is 0 Å². The van der Waals surface area contributed by atoms with Gasteiger partial charge >= 0.3 is 0 Å². The summed E-state index contributed by atoms with van der Waals surface area (Å²) in [7, 11) is 4.00. The number of hydrogen-bond acceptors (Lipinski definition) is 2. The topological polar surface area (TPSA) is 30.9 Å². The summed E-state index contributed by atoms with van der Waals surface area (Å²) >= 11 is 0. The highest BCUT2D eigenvalue weighted by atomic mass is 15.3. The third-order valence-corrected chi connectivity index (χ3v) is 4.30. The van der Waals surface area contributed by atoms with Crippen molar-refractivity contribution in [3.63, 3.8) is 0 Å². The van der Waals surface area contributed by atoms with Crippen molar-refractivity contribution in [2.24, 2.45) is 16.8 Å². The Morgan fingerprint density at radius 1 is 1.24 bits per heavy atom. The van der Waals surface area contributed by atoms with E-state index in [0.29, 0.717) is 0 Å². The van der Waals surface area contributed by atoms with Crippen LogP contribution in [0.2, 0.25) is 0 Å². The molecule has 0 spiro atoms. The minimum absolute atomic E-state index is 0.856. The predicted molar refractivity (Wildman–Crippen MR) is 92.9 cm³/mol. The molecule has 2 unspecified atom stereocenters. The summed E-state index contributed by atoms with van der Waals surface area (Å²) in [5.41, 5.74) is 0. The fourth-order valence-corrected chi connectivity index (χ4v) is 3.36. The number of guanidine groups is 1. The molecule has 21 heavy (non-hydrogen) atoms. The van der Waals surface area contributed by atoms with Gasteiger partial charge < -0.3 is 15.1 Å². The quantitative estimate of drug-likeness (QED) is 0.445. The summed E-state index contributed by atoms with van der Waals surface area (Å²) in [5, 5.41) is 3.49. The van der Waals surface area contributed by atoms with Gasteiger partial charge in [0.25, 0.3) is 0 Å². The van der Waals surface area contributed by atoms with E-state index in [0.717, 1.165) is 30.9 Å². The van der Waals surface area contributed by atoms with Crippen LogP contribution in [-0.2, 0) is 0 Å². The number of nitrogens with one attached hydrogen (secondary N) is 1. The molecule has 1 N–H and O–H groups in total.